The number of hydrogen-bond acceptors (Lipinski definition) is 2. The Hall–Kier alpha value is -1.58. The molecular weight excluding hydrogens is 253 g/mol. The molecule has 0 bridgehead atoms. The van der Waals surface area contributed by atoms with Crippen LogP contribution in [0.25, 0.3) is 0 Å². The first kappa shape index (κ1) is 12.9. The first-order chi connectivity index (χ1) is 8.61. The smallest absolute Gasteiger partial charge is 0.150 e. The Morgan fingerprint density at radius 2 is 2.06 bits per heavy atom. The van der Waals surface area contributed by atoms with E-state index in [2.05, 4.69) is 0 Å². The van der Waals surface area contributed by atoms with E-state index in [0.29, 0.717) is 23.1 Å². The quantitative estimate of drug-likeness (QED) is 0.909. The highest BCUT2D eigenvalue weighted by atomic mass is 35.5. The molecule has 4 heteroatoms. The van der Waals surface area contributed by atoms with E-state index in [4.69, 9.17) is 22.1 Å². The number of hydrogen-bond donors (Lipinski definition) is 1. The molecule has 0 saturated heterocycles. The fraction of sp³-hybridized carbons (Fsp3) is 0.143. The minimum atomic E-state index is -0.350. The predicted octanol–water partition coefficient (Wildman–Crippen LogP) is 4.04. The molecule has 0 unspecified atom stereocenters. The first-order valence-corrected chi connectivity index (χ1v) is 5.91. The lowest BCUT2D eigenvalue weighted by molar-refractivity contribution is 0.467. The van der Waals surface area contributed by atoms with Gasteiger partial charge in [-0.2, -0.15) is 0 Å². The molecular formula is C14H13ClFNO. The summed E-state index contributed by atoms with van der Waals surface area (Å²) in [6, 6.07) is 9.72. The fourth-order valence-electron chi connectivity index (χ4n) is 1.62. The summed E-state index contributed by atoms with van der Waals surface area (Å²) in [5.41, 5.74) is 7.24. The van der Waals surface area contributed by atoms with Gasteiger partial charge >= 0.3 is 0 Å². The van der Waals surface area contributed by atoms with Gasteiger partial charge in [0.1, 0.15) is 17.3 Å². The van der Waals surface area contributed by atoms with Gasteiger partial charge in [-0.1, -0.05) is 29.8 Å². The zero-order valence-corrected chi connectivity index (χ0v) is 10.7. The van der Waals surface area contributed by atoms with Crippen molar-refractivity contribution in [2.75, 3.05) is 0 Å². The van der Waals surface area contributed by atoms with Crippen LogP contribution in [-0.2, 0) is 6.54 Å². The van der Waals surface area contributed by atoms with Crippen molar-refractivity contribution in [3.8, 4) is 11.5 Å². The normalized spacial score (nSPS) is 10.4. The summed E-state index contributed by atoms with van der Waals surface area (Å²) in [5.74, 6) is 0.574. The van der Waals surface area contributed by atoms with Gasteiger partial charge in [0, 0.05) is 18.2 Å². The van der Waals surface area contributed by atoms with E-state index in [0.717, 1.165) is 11.1 Å². The summed E-state index contributed by atoms with van der Waals surface area (Å²) in [6.07, 6.45) is 0. The van der Waals surface area contributed by atoms with E-state index in [1.807, 2.05) is 13.0 Å². The Bertz CT molecular complexity index is 572. The Morgan fingerprint density at radius 3 is 2.78 bits per heavy atom. The van der Waals surface area contributed by atoms with E-state index < -0.39 is 0 Å². The maximum atomic E-state index is 13.2. The molecule has 2 aromatic rings. The van der Waals surface area contributed by atoms with Gasteiger partial charge in [-0.3, -0.25) is 0 Å². The minimum Gasteiger partial charge on any atom is -0.455 e. The number of halogens is 2. The van der Waals surface area contributed by atoms with Crippen LogP contribution in [0.2, 0.25) is 5.02 Å². The monoisotopic (exact) mass is 265 g/mol. The Labute approximate surface area is 110 Å². The average molecular weight is 266 g/mol. The molecule has 0 aliphatic heterocycles. The van der Waals surface area contributed by atoms with Crippen LogP contribution in [0.15, 0.2) is 36.4 Å². The third-order valence-electron chi connectivity index (χ3n) is 2.63. The number of nitrogens with two attached hydrogens (primary N) is 1. The Morgan fingerprint density at radius 1 is 1.28 bits per heavy atom. The van der Waals surface area contributed by atoms with Crippen LogP contribution in [0, 0.1) is 12.7 Å². The highest BCUT2D eigenvalue weighted by Gasteiger charge is 2.10. The van der Waals surface area contributed by atoms with Crippen molar-refractivity contribution in [2.45, 2.75) is 13.5 Å². The number of para-hydroxylation sites is 1. The maximum Gasteiger partial charge on any atom is 0.150 e. The van der Waals surface area contributed by atoms with Gasteiger partial charge in [0.05, 0.1) is 5.02 Å². The van der Waals surface area contributed by atoms with Gasteiger partial charge in [0.2, 0.25) is 0 Å². The van der Waals surface area contributed by atoms with Crippen LogP contribution in [0.5, 0.6) is 11.5 Å². The molecule has 0 radical (unpaired) electrons. The van der Waals surface area contributed by atoms with Crippen molar-refractivity contribution < 1.29 is 9.13 Å². The molecule has 0 spiro atoms. The third kappa shape index (κ3) is 2.63. The number of ether oxygens (including phenoxy) is 1. The van der Waals surface area contributed by atoms with Crippen molar-refractivity contribution in [3.05, 3.63) is 58.4 Å². The van der Waals surface area contributed by atoms with Crippen molar-refractivity contribution in [2.24, 2.45) is 5.73 Å². The third-order valence-corrected chi connectivity index (χ3v) is 2.93. The average Bonchev–Trinajstić information content (AvgIpc) is 2.36. The summed E-state index contributed by atoms with van der Waals surface area (Å²) >= 11 is 6.08. The first-order valence-electron chi connectivity index (χ1n) is 5.53. The molecule has 94 valence electrons. The van der Waals surface area contributed by atoms with E-state index in [-0.39, 0.29) is 5.82 Å². The summed E-state index contributed by atoms with van der Waals surface area (Å²) in [6.45, 7) is 2.15. The van der Waals surface area contributed by atoms with E-state index in [1.54, 1.807) is 18.2 Å². The largest absolute Gasteiger partial charge is 0.455 e. The van der Waals surface area contributed by atoms with Crippen LogP contribution < -0.4 is 10.5 Å². The highest BCUT2D eigenvalue weighted by molar-refractivity contribution is 6.32. The molecule has 2 N–H and O–H groups in total. The zero-order valence-electron chi connectivity index (χ0n) is 9.91. The van der Waals surface area contributed by atoms with Crippen LogP contribution in [-0.4, -0.2) is 0 Å². The summed E-state index contributed by atoms with van der Waals surface area (Å²) in [7, 11) is 0. The second-order valence-corrected chi connectivity index (χ2v) is 4.35. The lowest BCUT2D eigenvalue weighted by Crippen LogP contribution is -2.00. The van der Waals surface area contributed by atoms with Crippen LogP contribution in [0.3, 0.4) is 0 Å². The Kier molecular flexibility index (Phi) is 3.84. The lowest BCUT2D eigenvalue weighted by Gasteiger charge is -2.13. The predicted molar refractivity (Wildman–Crippen MR) is 70.6 cm³/mol. The molecule has 0 atom stereocenters. The molecule has 0 aliphatic rings. The molecule has 18 heavy (non-hydrogen) atoms. The van der Waals surface area contributed by atoms with E-state index >= 15 is 0 Å². The second kappa shape index (κ2) is 5.38. The minimum absolute atomic E-state index is 0.310. The molecule has 2 aromatic carbocycles. The van der Waals surface area contributed by atoms with Crippen molar-refractivity contribution in [3.63, 3.8) is 0 Å². The standard InChI is InChI=1S/C14H13ClFNO/c1-9-5-6-11(16)7-13(9)18-14-10(8-17)3-2-4-12(14)15/h2-7H,8,17H2,1H3. The molecule has 0 heterocycles. The molecule has 2 nitrogen and oxygen atoms in total. The zero-order chi connectivity index (χ0) is 13.1. The van der Waals surface area contributed by atoms with E-state index in [9.17, 15) is 4.39 Å². The van der Waals surface area contributed by atoms with Gasteiger partial charge in [-0.25, -0.2) is 4.39 Å². The van der Waals surface area contributed by atoms with Crippen LogP contribution in [0.4, 0.5) is 4.39 Å². The maximum absolute atomic E-state index is 13.2. The van der Waals surface area contributed by atoms with Gasteiger partial charge in [0.15, 0.2) is 0 Å². The van der Waals surface area contributed by atoms with Crippen molar-refractivity contribution in [1.29, 1.82) is 0 Å². The topological polar surface area (TPSA) is 35.2 Å². The van der Waals surface area contributed by atoms with Gasteiger partial charge in [0.25, 0.3) is 0 Å². The molecule has 0 aromatic heterocycles. The van der Waals surface area contributed by atoms with Crippen molar-refractivity contribution in [1.82, 2.24) is 0 Å². The second-order valence-electron chi connectivity index (χ2n) is 3.94. The molecule has 2 rings (SSSR count). The molecule has 0 fully saturated rings. The molecule has 0 aliphatic carbocycles. The number of aryl methyl sites for hydroxylation is 1. The van der Waals surface area contributed by atoms with Gasteiger partial charge in [-0.15, -0.1) is 0 Å². The van der Waals surface area contributed by atoms with Gasteiger partial charge in [-0.05, 0) is 24.6 Å². The lowest BCUT2D eigenvalue weighted by atomic mass is 10.2. The number of rotatable bonds is 3. The summed E-state index contributed by atoms with van der Waals surface area (Å²) < 4.78 is 18.9. The fourth-order valence-corrected chi connectivity index (χ4v) is 1.86. The van der Waals surface area contributed by atoms with Gasteiger partial charge < -0.3 is 10.5 Å². The van der Waals surface area contributed by atoms with Crippen LogP contribution >= 0.6 is 11.6 Å². The highest BCUT2D eigenvalue weighted by Crippen LogP contribution is 2.34. The SMILES string of the molecule is Cc1ccc(F)cc1Oc1c(Cl)cccc1CN. The van der Waals surface area contributed by atoms with Crippen LogP contribution in [0.1, 0.15) is 11.1 Å². The summed E-state index contributed by atoms with van der Waals surface area (Å²) in [4.78, 5) is 0. The number of benzene rings is 2. The molecule has 0 saturated carbocycles. The van der Waals surface area contributed by atoms with Crippen molar-refractivity contribution >= 4 is 11.6 Å². The summed E-state index contributed by atoms with van der Waals surface area (Å²) in [5, 5.41) is 0.460. The Balaban J connectivity index is 2.42. The van der Waals surface area contributed by atoms with E-state index in [1.165, 1.54) is 12.1 Å². The molecule has 0 amide bonds.